The minimum atomic E-state index is -5.08. The van der Waals surface area contributed by atoms with Crippen LogP contribution in [0.2, 0.25) is 0 Å². The van der Waals surface area contributed by atoms with Crippen LogP contribution >= 0.6 is 0 Å². The first-order valence-electron chi connectivity index (χ1n) is 12.8. The fraction of sp³-hybridized carbons (Fsp3) is 0.560. The molecule has 1 aliphatic heterocycles. The SMILES string of the molecule is CCOCC1CN(Cc2ccccn2)Cc2cn(CC3CC3)nc21.O=C(O)C(F)(F)F.O=C(O)C(F)(F)F.O=C(O)C(F)(F)F. The number of carbonyl (C=O) groups is 3. The van der Waals surface area contributed by atoms with E-state index in [1.54, 1.807) is 0 Å². The summed E-state index contributed by atoms with van der Waals surface area (Å²) in [6.45, 7) is 7.48. The number of carboxylic acid groups (broad SMARTS) is 3. The number of hydrogen-bond acceptors (Lipinski definition) is 7. The van der Waals surface area contributed by atoms with E-state index < -0.39 is 36.4 Å². The molecule has 0 radical (unpaired) electrons. The maximum absolute atomic E-state index is 10.6. The number of alkyl halides is 9. The smallest absolute Gasteiger partial charge is 0.475 e. The molecule has 2 aliphatic rings. The van der Waals surface area contributed by atoms with Crippen molar-refractivity contribution in [2.45, 2.75) is 63.8 Å². The van der Waals surface area contributed by atoms with Crippen molar-refractivity contribution >= 4 is 17.9 Å². The van der Waals surface area contributed by atoms with E-state index in [1.807, 2.05) is 12.3 Å². The van der Waals surface area contributed by atoms with Crippen molar-refractivity contribution in [1.82, 2.24) is 19.7 Å². The second-order valence-corrected chi connectivity index (χ2v) is 9.46. The van der Waals surface area contributed by atoms with Gasteiger partial charge in [-0.3, -0.25) is 14.6 Å². The number of ether oxygens (including phenoxy) is 1. The van der Waals surface area contributed by atoms with Crippen LogP contribution in [0.25, 0.3) is 0 Å². The zero-order valence-electron chi connectivity index (χ0n) is 23.4. The Morgan fingerprint density at radius 2 is 1.42 bits per heavy atom. The Morgan fingerprint density at radius 3 is 1.82 bits per heavy atom. The Hall–Kier alpha value is -3.94. The number of carboxylic acids is 3. The maximum Gasteiger partial charge on any atom is 0.490 e. The van der Waals surface area contributed by atoms with Crippen molar-refractivity contribution < 1.29 is 74.0 Å². The molecule has 0 aromatic carbocycles. The Balaban J connectivity index is 0.000000396. The lowest BCUT2D eigenvalue weighted by molar-refractivity contribution is -0.193. The van der Waals surface area contributed by atoms with Crippen LogP contribution in [0.1, 0.15) is 42.6 Å². The van der Waals surface area contributed by atoms with Gasteiger partial charge < -0.3 is 20.1 Å². The molecule has 0 bridgehead atoms. The van der Waals surface area contributed by atoms with Gasteiger partial charge in [0.15, 0.2) is 0 Å². The normalized spacial score (nSPS) is 16.4. The van der Waals surface area contributed by atoms with Crippen LogP contribution < -0.4 is 0 Å². The van der Waals surface area contributed by atoms with Gasteiger partial charge in [0.25, 0.3) is 0 Å². The van der Waals surface area contributed by atoms with E-state index in [9.17, 15) is 39.5 Å². The van der Waals surface area contributed by atoms with Gasteiger partial charge >= 0.3 is 36.4 Å². The number of aliphatic carboxylic acids is 3. The van der Waals surface area contributed by atoms with Crippen molar-refractivity contribution in [3.05, 3.63) is 47.5 Å². The fourth-order valence-electron chi connectivity index (χ4n) is 3.54. The van der Waals surface area contributed by atoms with Crippen molar-refractivity contribution in [3.63, 3.8) is 0 Å². The summed E-state index contributed by atoms with van der Waals surface area (Å²) < 4.78 is 103. The molecule has 0 amide bonds. The van der Waals surface area contributed by atoms with Crippen molar-refractivity contribution in [1.29, 1.82) is 0 Å². The van der Waals surface area contributed by atoms with E-state index in [4.69, 9.17) is 39.5 Å². The molecule has 45 heavy (non-hydrogen) atoms. The summed E-state index contributed by atoms with van der Waals surface area (Å²) in [7, 11) is 0. The monoisotopic (exact) mass is 668 g/mol. The van der Waals surface area contributed by atoms with Crippen molar-refractivity contribution in [2.24, 2.45) is 5.92 Å². The third-order valence-electron chi connectivity index (χ3n) is 5.63. The molecule has 2 aromatic rings. The predicted octanol–water partition coefficient (Wildman–Crippen LogP) is 4.72. The number of rotatable bonds is 7. The molecule has 4 rings (SSSR count). The Kier molecular flexibility index (Phi) is 14.7. The molecule has 1 fully saturated rings. The minimum Gasteiger partial charge on any atom is -0.475 e. The van der Waals surface area contributed by atoms with Gasteiger partial charge in [0, 0.05) is 56.7 Å². The highest BCUT2D eigenvalue weighted by molar-refractivity contribution is 5.73. The summed E-state index contributed by atoms with van der Waals surface area (Å²) >= 11 is 0. The van der Waals surface area contributed by atoms with Crippen LogP contribution in [0.4, 0.5) is 39.5 Å². The van der Waals surface area contributed by atoms with Gasteiger partial charge in [-0.15, -0.1) is 0 Å². The molecule has 1 saturated carbocycles. The minimum absolute atomic E-state index is 0.359. The first kappa shape index (κ1) is 39.1. The molecular weight excluding hydrogens is 639 g/mol. The molecule has 1 atom stereocenters. The van der Waals surface area contributed by atoms with Gasteiger partial charge in [-0.05, 0) is 37.8 Å². The maximum atomic E-state index is 10.6. The summed E-state index contributed by atoms with van der Waals surface area (Å²) in [5.41, 5.74) is 3.74. The molecule has 0 saturated heterocycles. The third kappa shape index (κ3) is 15.6. The highest BCUT2D eigenvalue weighted by Crippen LogP contribution is 2.33. The van der Waals surface area contributed by atoms with E-state index in [0.29, 0.717) is 5.92 Å². The topological polar surface area (TPSA) is 155 Å². The van der Waals surface area contributed by atoms with Gasteiger partial charge in [-0.25, -0.2) is 14.4 Å². The summed E-state index contributed by atoms with van der Waals surface area (Å²) in [6.07, 6.45) is -8.40. The zero-order chi connectivity index (χ0) is 34.6. The molecule has 1 unspecified atom stereocenters. The number of halogens is 9. The average Bonchev–Trinajstić information content (AvgIpc) is 3.63. The molecule has 3 heterocycles. The summed E-state index contributed by atoms with van der Waals surface area (Å²) in [5.74, 6) is -7.06. The highest BCUT2D eigenvalue weighted by atomic mass is 19.4. The van der Waals surface area contributed by atoms with E-state index >= 15 is 0 Å². The number of aromatic nitrogens is 3. The lowest BCUT2D eigenvalue weighted by Crippen LogP contribution is -2.35. The Labute approximate surface area is 249 Å². The number of fused-ring (bicyclic) bond motifs is 1. The average molecular weight is 669 g/mol. The van der Waals surface area contributed by atoms with Crippen LogP contribution in [0, 0.1) is 5.92 Å². The van der Waals surface area contributed by atoms with Gasteiger partial charge in [0.2, 0.25) is 0 Å². The summed E-state index contributed by atoms with van der Waals surface area (Å²) in [6, 6.07) is 6.13. The quantitative estimate of drug-likeness (QED) is 0.353. The van der Waals surface area contributed by atoms with Crippen molar-refractivity contribution in [2.75, 3.05) is 19.8 Å². The number of nitrogens with zero attached hydrogens (tertiary/aromatic N) is 4. The van der Waals surface area contributed by atoms with Gasteiger partial charge in [-0.1, -0.05) is 6.07 Å². The number of hydrogen-bond donors (Lipinski definition) is 3. The fourth-order valence-corrected chi connectivity index (χ4v) is 3.54. The largest absolute Gasteiger partial charge is 0.490 e. The molecule has 20 heteroatoms. The number of pyridine rings is 1. The molecule has 2 aromatic heterocycles. The Morgan fingerprint density at radius 1 is 0.911 bits per heavy atom. The molecule has 11 nitrogen and oxygen atoms in total. The van der Waals surface area contributed by atoms with Crippen LogP contribution in [0.5, 0.6) is 0 Å². The Bertz CT molecular complexity index is 1180. The van der Waals surface area contributed by atoms with E-state index in [0.717, 1.165) is 51.0 Å². The van der Waals surface area contributed by atoms with Crippen molar-refractivity contribution in [3.8, 4) is 0 Å². The molecule has 0 spiro atoms. The van der Waals surface area contributed by atoms with Crippen LogP contribution in [0.3, 0.4) is 0 Å². The lowest BCUT2D eigenvalue weighted by atomic mass is 9.97. The third-order valence-corrected chi connectivity index (χ3v) is 5.63. The summed E-state index contributed by atoms with van der Waals surface area (Å²) in [5, 5.41) is 26.3. The second-order valence-electron chi connectivity index (χ2n) is 9.46. The van der Waals surface area contributed by atoms with Gasteiger partial charge in [-0.2, -0.15) is 44.6 Å². The van der Waals surface area contributed by atoms with Gasteiger partial charge in [0.05, 0.1) is 18.0 Å². The van der Waals surface area contributed by atoms with Crippen LogP contribution in [-0.2, 0) is 38.8 Å². The standard InChI is InChI=1S/C19H26N4O.3C2HF3O2/c1-2-24-14-17-11-22(13-18-5-3-4-8-20-18)10-16-12-23(21-19(16)17)9-15-6-7-15;3*3-2(4,5)1(6)7/h3-5,8,12,15,17H,2,6-7,9-11,13-14H2,1H3;3*(H,6,7). The van der Waals surface area contributed by atoms with Gasteiger partial charge in [0.1, 0.15) is 0 Å². The molecular formula is C25H29F9N4O7. The van der Waals surface area contributed by atoms with E-state index in [1.165, 1.54) is 24.1 Å². The molecule has 3 N–H and O–H groups in total. The molecule has 254 valence electrons. The lowest BCUT2D eigenvalue weighted by Gasteiger charge is -2.31. The zero-order valence-corrected chi connectivity index (χ0v) is 23.4. The van der Waals surface area contributed by atoms with E-state index in [-0.39, 0.29) is 0 Å². The van der Waals surface area contributed by atoms with Crippen LogP contribution in [0.15, 0.2) is 30.6 Å². The summed E-state index contributed by atoms with van der Waals surface area (Å²) in [4.78, 5) is 33.6. The first-order chi connectivity index (χ1) is 20.6. The second kappa shape index (κ2) is 16.9. The highest BCUT2D eigenvalue weighted by Gasteiger charge is 2.39. The predicted molar refractivity (Wildman–Crippen MR) is 134 cm³/mol. The van der Waals surface area contributed by atoms with E-state index in [2.05, 4.69) is 39.8 Å². The molecule has 1 aliphatic carbocycles. The van der Waals surface area contributed by atoms with Crippen LogP contribution in [-0.4, -0.2) is 91.2 Å². The first-order valence-corrected chi connectivity index (χ1v) is 12.8.